The monoisotopic (exact) mass is 594 g/mol. The van der Waals surface area contributed by atoms with E-state index in [1.54, 1.807) is 16.5 Å². The van der Waals surface area contributed by atoms with E-state index in [1.807, 2.05) is 4.90 Å². The van der Waals surface area contributed by atoms with Crippen LogP contribution >= 0.6 is 11.3 Å². The fraction of sp³-hybridized carbons (Fsp3) is 0.621. The summed E-state index contributed by atoms with van der Waals surface area (Å²) < 4.78 is 49.9. The summed E-state index contributed by atoms with van der Waals surface area (Å²) in [5, 5.41) is 12.4. The van der Waals surface area contributed by atoms with Gasteiger partial charge in [0.1, 0.15) is 16.3 Å². The van der Waals surface area contributed by atoms with Crippen molar-refractivity contribution in [3.8, 4) is 16.3 Å². The Morgan fingerprint density at radius 1 is 1.00 bits per heavy atom. The lowest BCUT2D eigenvalue weighted by Crippen LogP contribution is -2.49. The number of carboxylic acid groups (broad SMARTS) is 1. The Morgan fingerprint density at radius 2 is 1.73 bits per heavy atom. The summed E-state index contributed by atoms with van der Waals surface area (Å²) in [6.07, 6.45) is 8.47. The number of aromatic nitrogens is 2. The standard InChI is InChI=1S/C29H37F3N4O4S/c30-29(31,32)40-22-16-23(26-33-13-15-41-26)25-24(17-22)34-27(39-25)35-18-20-10-7-5-3-1-2-4-6-8-14-36(28(37)38)21(19-35)12-9-11-20/h13,15-17,20-21H,1-12,14,18-19H2,(H,37,38). The molecular weight excluding hydrogens is 557 g/mol. The fourth-order valence-electron chi connectivity index (χ4n) is 6.16. The van der Waals surface area contributed by atoms with Crippen LogP contribution in [0.2, 0.25) is 0 Å². The zero-order valence-electron chi connectivity index (χ0n) is 23.1. The Labute approximate surface area is 241 Å². The number of benzene rings is 1. The summed E-state index contributed by atoms with van der Waals surface area (Å²) in [7, 11) is 0. The first kappa shape index (κ1) is 29.5. The van der Waals surface area contributed by atoms with Crippen LogP contribution in [0.1, 0.15) is 77.0 Å². The molecule has 1 amide bonds. The zero-order valence-corrected chi connectivity index (χ0v) is 23.9. The summed E-state index contributed by atoms with van der Waals surface area (Å²) in [4.78, 5) is 24.9. The number of hydrogen-bond donors (Lipinski definition) is 1. The van der Waals surface area contributed by atoms with Crippen molar-refractivity contribution in [1.29, 1.82) is 0 Å². The molecule has 41 heavy (non-hydrogen) atoms. The van der Waals surface area contributed by atoms with Crippen LogP contribution in [-0.4, -0.2) is 58.1 Å². The van der Waals surface area contributed by atoms with Crippen molar-refractivity contribution in [3.63, 3.8) is 0 Å². The second-order valence-corrected chi connectivity index (χ2v) is 12.0. The van der Waals surface area contributed by atoms with Gasteiger partial charge in [-0.05, 0) is 37.7 Å². The van der Waals surface area contributed by atoms with E-state index >= 15 is 0 Å². The Hall–Kier alpha value is -3.02. The molecule has 2 fully saturated rings. The summed E-state index contributed by atoms with van der Waals surface area (Å²) in [6, 6.07) is 2.55. The fourth-order valence-corrected chi connectivity index (χ4v) is 6.81. The largest absolute Gasteiger partial charge is 0.573 e. The minimum atomic E-state index is -4.86. The lowest BCUT2D eigenvalue weighted by atomic mass is 9.90. The van der Waals surface area contributed by atoms with Crippen molar-refractivity contribution in [3.05, 3.63) is 23.7 Å². The van der Waals surface area contributed by atoms with Crippen molar-refractivity contribution >= 4 is 34.5 Å². The highest BCUT2D eigenvalue weighted by molar-refractivity contribution is 7.13. The molecule has 0 radical (unpaired) electrons. The van der Waals surface area contributed by atoms with Gasteiger partial charge in [-0.3, -0.25) is 0 Å². The van der Waals surface area contributed by atoms with Crippen LogP contribution in [0.4, 0.5) is 24.0 Å². The van der Waals surface area contributed by atoms with Gasteiger partial charge in [0, 0.05) is 37.3 Å². The maximum atomic E-state index is 13.1. The average Bonchev–Trinajstić information content (AvgIpc) is 3.57. The van der Waals surface area contributed by atoms with Crippen LogP contribution in [-0.2, 0) is 0 Å². The zero-order chi connectivity index (χ0) is 28.8. The molecule has 1 N–H and O–H groups in total. The van der Waals surface area contributed by atoms with E-state index in [0.717, 1.165) is 51.4 Å². The Balaban J connectivity index is 1.51. The number of ether oxygens (including phenoxy) is 1. The number of thiazole rings is 1. The van der Waals surface area contributed by atoms with Gasteiger partial charge in [-0.25, -0.2) is 9.78 Å². The SMILES string of the molecule is O=C(O)N1CCCCCCCCCCC2CCCC1CN(c1nc3cc(OC(F)(F)F)cc(-c4nccs4)c3o1)C2. The Morgan fingerprint density at radius 3 is 2.44 bits per heavy atom. The summed E-state index contributed by atoms with van der Waals surface area (Å²) in [6.45, 7) is 1.54. The molecule has 0 aliphatic carbocycles. The molecule has 2 aromatic heterocycles. The number of rotatable bonds is 3. The van der Waals surface area contributed by atoms with E-state index in [-0.39, 0.29) is 17.6 Å². The molecule has 2 saturated heterocycles. The molecule has 2 aliphatic heterocycles. The van der Waals surface area contributed by atoms with Crippen LogP contribution < -0.4 is 9.64 Å². The van der Waals surface area contributed by atoms with E-state index in [1.165, 1.54) is 49.2 Å². The van der Waals surface area contributed by atoms with Crippen LogP contribution in [0.15, 0.2) is 28.1 Å². The number of halogens is 3. The molecule has 0 spiro atoms. The van der Waals surface area contributed by atoms with E-state index in [4.69, 9.17) is 4.42 Å². The normalized spacial score (nSPS) is 22.1. The summed E-state index contributed by atoms with van der Waals surface area (Å²) in [5.41, 5.74) is 0.938. The molecular formula is C29H37F3N4O4S. The van der Waals surface area contributed by atoms with Crippen LogP contribution in [0.5, 0.6) is 5.75 Å². The number of amides is 1. The molecule has 3 aromatic rings. The van der Waals surface area contributed by atoms with Gasteiger partial charge in [-0.15, -0.1) is 24.5 Å². The number of oxazole rings is 1. The molecule has 4 heterocycles. The van der Waals surface area contributed by atoms with Crippen LogP contribution in [0.25, 0.3) is 21.7 Å². The third-order valence-corrected chi connectivity index (χ3v) is 8.93. The van der Waals surface area contributed by atoms with Gasteiger partial charge in [0.25, 0.3) is 6.01 Å². The third-order valence-electron chi connectivity index (χ3n) is 8.13. The van der Waals surface area contributed by atoms with Crippen molar-refractivity contribution in [2.75, 3.05) is 24.5 Å². The molecule has 12 heteroatoms. The lowest BCUT2D eigenvalue weighted by molar-refractivity contribution is -0.274. The predicted molar refractivity (Wildman–Crippen MR) is 151 cm³/mol. The van der Waals surface area contributed by atoms with E-state index in [0.29, 0.717) is 41.7 Å². The number of alkyl halides is 3. The average molecular weight is 595 g/mol. The number of carbonyl (C=O) groups is 1. The summed E-state index contributed by atoms with van der Waals surface area (Å²) >= 11 is 1.28. The molecule has 2 unspecified atom stereocenters. The smallest absolute Gasteiger partial charge is 0.465 e. The molecule has 1 aromatic carbocycles. The molecule has 8 nitrogen and oxygen atoms in total. The highest BCUT2D eigenvalue weighted by atomic mass is 32.1. The number of fused-ring (bicyclic) bond motifs is 5. The van der Waals surface area contributed by atoms with Crippen LogP contribution in [0.3, 0.4) is 0 Å². The second-order valence-electron chi connectivity index (χ2n) is 11.1. The van der Waals surface area contributed by atoms with E-state index < -0.39 is 18.2 Å². The number of nitrogens with zero attached hydrogens (tertiary/aromatic N) is 4. The highest BCUT2D eigenvalue weighted by Crippen LogP contribution is 2.38. The maximum absolute atomic E-state index is 13.1. The molecule has 224 valence electrons. The Kier molecular flexibility index (Phi) is 9.57. The molecule has 2 atom stereocenters. The van der Waals surface area contributed by atoms with Gasteiger partial charge < -0.3 is 24.1 Å². The van der Waals surface area contributed by atoms with E-state index in [2.05, 4.69) is 14.7 Å². The molecule has 2 bridgehead atoms. The van der Waals surface area contributed by atoms with Gasteiger partial charge in [-0.2, -0.15) is 4.98 Å². The van der Waals surface area contributed by atoms with Gasteiger partial charge >= 0.3 is 12.5 Å². The van der Waals surface area contributed by atoms with Gasteiger partial charge in [0.2, 0.25) is 0 Å². The predicted octanol–water partition coefficient (Wildman–Crippen LogP) is 8.33. The highest BCUT2D eigenvalue weighted by Gasteiger charge is 2.33. The molecule has 5 rings (SSSR count). The van der Waals surface area contributed by atoms with Gasteiger partial charge in [-0.1, -0.05) is 51.4 Å². The van der Waals surface area contributed by atoms with Crippen LogP contribution in [0, 0.1) is 5.92 Å². The number of hydrogen-bond acceptors (Lipinski definition) is 7. The van der Waals surface area contributed by atoms with E-state index in [9.17, 15) is 23.1 Å². The third kappa shape index (κ3) is 7.84. The van der Waals surface area contributed by atoms with Crippen molar-refractivity contribution in [2.45, 2.75) is 89.5 Å². The van der Waals surface area contributed by atoms with Crippen molar-refractivity contribution in [2.24, 2.45) is 5.92 Å². The minimum absolute atomic E-state index is 0.236. The topological polar surface area (TPSA) is 91.9 Å². The van der Waals surface area contributed by atoms with Gasteiger partial charge in [0.15, 0.2) is 5.58 Å². The summed E-state index contributed by atoms with van der Waals surface area (Å²) in [5.74, 6) is -0.00309. The minimum Gasteiger partial charge on any atom is -0.465 e. The first-order chi connectivity index (χ1) is 19.8. The quantitative estimate of drug-likeness (QED) is 0.326. The maximum Gasteiger partial charge on any atom is 0.573 e. The Bertz CT molecular complexity index is 1280. The van der Waals surface area contributed by atoms with Gasteiger partial charge in [0.05, 0.1) is 11.6 Å². The van der Waals surface area contributed by atoms with Crippen molar-refractivity contribution < 1.29 is 32.2 Å². The first-order valence-electron chi connectivity index (χ1n) is 14.6. The number of anilines is 1. The van der Waals surface area contributed by atoms with Crippen molar-refractivity contribution in [1.82, 2.24) is 14.9 Å². The lowest BCUT2D eigenvalue weighted by Gasteiger charge is -2.37. The molecule has 0 saturated carbocycles. The molecule has 2 aliphatic rings. The first-order valence-corrected chi connectivity index (χ1v) is 15.5. The second kappa shape index (κ2) is 13.3.